The highest BCUT2D eigenvalue weighted by Gasteiger charge is 2.21. The van der Waals surface area contributed by atoms with Crippen LogP contribution < -0.4 is 4.90 Å². The summed E-state index contributed by atoms with van der Waals surface area (Å²) in [6, 6.07) is 6.08. The molecular formula is C14H19NO2. The fraction of sp³-hybridized carbons (Fsp3) is 0.500. The smallest absolute Gasteiger partial charge is 0.227 e. The number of nitrogens with zero attached hydrogens (tertiary/aromatic N) is 1. The van der Waals surface area contributed by atoms with Gasteiger partial charge in [-0.3, -0.25) is 4.79 Å². The summed E-state index contributed by atoms with van der Waals surface area (Å²) >= 11 is 0. The third-order valence-electron chi connectivity index (χ3n) is 3.12. The minimum atomic E-state index is -0.690. The predicted molar refractivity (Wildman–Crippen MR) is 68.2 cm³/mol. The Balaban J connectivity index is 2.29. The Kier molecular flexibility index (Phi) is 2.96. The molecule has 0 radical (unpaired) electrons. The van der Waals surface area contributed by atoms with E-state index in [2.05, 4.69) is 6.07 Å². The van der Waals surface area contributed by atoms with E-state index >= 15 is 0 Å². The van der Waals surface area contributed by atoms with E-state index in [1.165, 1.54) is 5.56 Å². The first-order valence-electron chi connectivity index (χ1n) is 5.97. The highest BCUT2D eigenvalue weighted by Crippen LogP contribution is 2.28. The van der Waals surface area contributed by atoms with E-state index in [0.717, 1.165) is 17.7 Å². The summed E-state index contributed by atoms with van der Waals surface area (Å²) in [4.78, 5) is 13.3. The van der Waals surface area contributed by atoms with E-state index in [4.69, 9.17) is 0 Å². The molecule has 1 aliphatic heterocycles. The van der Waals surface area contributed by atoms with Gasteiger partial charge in [0, 0.05) is 25.6 Å². The van der Waals surface area contributed by atoms with Gasteiger partial charge in [0.25, 0.3) is 0 Å². The lowest BCUT2D eigenvalue weighted by Crippen LogP contribution is -2.31. The zero-order chi connectivity index (χ0) is 12.6. The van der Waals surface area contributed by atoms with Gasteiger partial charge in [0.05, 0.1) is 5.60 Å². The maximum absolute atomic E-state index is 11.6. The van der Waals surface area contributed by atoms with Crippen molar-refractivity contribution in [2.75, 3.05) is 11.9 Å². The number of aryl methyl sites for hydroxylation is 1. The van der Waals surface area contributed by atoms with Crippen molar-refractivity contribution < 1.29 is 9.90 Å². The maximum Gasteiger partial charge on any atom is 0.227 e. The number of carbonyl (C=O) groups excluding carboxylic acids is 1. The lowest BCUT2D eigenvalue weighted by molar-refractivity contribution is -0.118. The lowest BCUT2D eigenvalue weighted by atomic mass is 9.93. The van der Waals surface area contributed by atoms with Crippen molar-refractivity contribution in [3.05, 3.63) is 29.3 Å². The largest absolute Gasteiger partial charge is 0.390 e. The molecule has 0 aromatic heterocycles. The average Bonchev–Trinajstić information content (AvgIpc) is 2.21. The number of anilines is 1. The van der Waals surface area contributed by atoms with Crippen molar-refractivity contribution in [1.82, 2.24) is 0 Å². The highest BCUT2D eigenvalue weighted by molar-refractivity contribution is 5.95. The molecule has 0 bridgehead atoms. The topological polar surface area (TPSA) is 40.5 Å². The van der Waals surface area contributed by atoms with Crippen LogP contribution in [0.25, 0.3) is 0 Å². The number of fused-ring (bicyclic) bond motifs is 1. The van der Waals surface area contributed by atoms with Crippen LogP contribution >= 0.6 is 0 Å². The molecule has 0 spiro atoms. The number of benzene rings is 1. The van der Waals surface area contributed by atoms with Crippen molar-refractivity contribution in [1.29, 1.82) is 0 Å². The fourth-order valence-electron chi connectivity index (χ4n) is 2.32. The number of amides is 1. The number of carbonyl (C=O) groups is 1. The standard InChI is InChI=1S/C14H19NO2/c1-14(2,17)9-10-4-6-12-11(8-10)5-7-13(16)15(12)3/h4,6,8,17H,5,7,9H2,1-3H3. The van der Waals surface area contributed by atoms with Gasteiger partial charge in [-0.15, -0.1) is 0 Å². The van der Waals surface area contributed by atoms with Gasteiger partial charge in [-0.2, -0.15) is 0 Å². The second kappa shape index (κ2) is 4.15. The van der Waals surface area contributed by atoms with Crippen molar-refractivity contribution in [2.45, 2.75) is 38.7 Å². The van der Waals surface area contributed by atoms with Gasteiger partial charge in [0.2, 0.25) is 5.91 Å². The van der Waals surface area contributed by atoms with Gasteiger partial charge < -0.3 is 10.0 Å². The molecule has 3 nitrogen and oxygen atoms in total. The number of aliphatic hydroxyl groups is 1. The Morgan fingerprint density at radius 3 is 2.71 bits per heavy atom. The van der Waals surface area contributed by atoms with Gasteiger partial charge in [0.1, 0.15) is 0 Å². The monoisotopic (exact) mass is 233 g/mol. The summed E-state index contributed by atoms with van der Waals surface area (Å²) in [6.45, 7) is 3.62. The zero-order valence-corrected chi connectivity index (χ0v) is 10.7. The molecule has 0 atom stereocenters. The molecule has 1 N–H and O–H groups in total. The SMILES string of the molecule is CN1C(=O)CCc2cc(CC(C)(C)O)ccc21. The van der Waals surface area contributed by atoms with Gasteiger partial charge >= 0.3 is 0 Å². The molecule has 3 heteroatoms. The third kappa shape index (κ3) is 2.67. The maximum atomic E-state index is 11.6. The van der Waals surface area contributed by atoms with Gasteiger partial charge in [0.15, 0.2) is 0 Å². The molecule has 1 amide bonds. The molecule has 0 saturated carbocycles. The summed E-state index contributed by atoms with van der Waals surface area (Å²) in [6.07, 6.45) is 2.02. The van der Waals surface area contributed by atoms with E-state index < -0.39 is 5.60 Å². The molecular weight excluding hydrogens is 214 g/mol. The number of hydrogen-bond acceptors (Lipinski definition) is 2. The van der Waals surface area contributed by atoms with Crippen molar-refractivity contribution in [3.63, 3.8) is 0 Å². The van der Waals surface area contributed by atoms with Crippen molar-refractivity contribution in [3.8, 4) is 0 Å². The Morgan fingerprint density at radius 2 is 2.06 bits per heavy atom. The summed E-state index contributed by atoms with van der Waals surface area (Å²) in [5.74, 6) is 0.174. The molecule has 17 heavy (non-hydrogen) atoms. The van der Waals surface area contributed by atoms with Gasteiger partial charge in [-0.25, -0.2) is 0 Å². The molecule has 0 fully saturated rings. The molecule has 1 aromatic carbocycles. The van der Waals surface area contributed by atoms with E-state index in [-0.39, 0.29) is 5.91 Å². The highest BCUT2D eigenvalue weighted by atomic mass is 16.3. The fourth-order valence-corrected chi connectivity index (χ4v) is 2.32. The van der Waals surface area contributed by atoms with Crippen molar-refractivity contribution >= 4 is 11.6 Å². The molecule has 0 aliphatic carbocycles. The molecule has 1 aliphatic rings. The quantitative estimate of drug-likeness (QED) is 0.847. The normalized spacial score (nSPS) is 16.0. The Bertz CT molecular complexity index is 446. The van der Waals surface area contributed by atoms with Crippen LogP contribution in [0.15, 0.2) is 18.2 Å². The Labute approximate surface area is 102 Å². The van der Waals surface area contributed by atoms with Crippen LogP contribution in [-0.2, 0) is 17.6 Å². The molecule has 0 saturated heterocycles. The van der Waals surface area contributed by atoms with Crippen LogP contribution in [0.3, 0.4) is 0 Å². The minimum absolute atomic E-state index is 0.174. The summed E-state index contributed by atoms with van der Waals surface area (Å²) in [5, 5.41) is 9.80. The second-order valence-corrected chi connectivity index (χ2v) is 5.41. The molecule has 1 heterocycles. The predicted octanol–water partition coefficient (Wildman–Crippen LogP) is 1.91. The molecule has 1 aromatic rings. The van der Waals surface area contributed by atoms with Gasteiger partial charge in [-0.05, 0) is 37.5 Å². The number of hydrogen-bond donors (Lipinski definition) is 1. The average molecular weight is 233 g/mol. The summed E-state index contributed by atoms with van der Waals surface area (Å²) in [5.41, 5.74) is 2.64. The van der Waals surface area contributed by atoms with Crippen LogP contribution in [0, 0.1) is 0 Å². The molecule has 92 valence electrons. The van der Waals surface area contributed by atoms with Crippen LogP contribution in [0.4, 0.5) is 5.69 Å². The first kappa shape index (κ1) is 12.1. The van der Waals surface area contributed by atoms with Gasteiger partial charge in [-0.1, -0.05) is 12.1 Å². The van der Waals surface area contributed by atoms with Crippen LogP contribution in [-0.4, -0.2) is 23.7 Å². The third-order valence-corrected chi connectivity index (χ3v) is 3.12. The molecule has 0 unspecified atom stereocenters. The van der Waals surface area contributed by atoms with Crippen LogP contribution in [0.5, 0.6) is 0 Å². The van der Waals surface area contributed by atoms with E-state index in [0.29, 0.717) is 12.8 Å². The zero-order valence-electron chi connectivity index (χ0n) is 10.7. The Morgan fingerprint density at radius 1 is 1.35 bits per heavy atom. The van der Waals surface area contributed by atoms with E-state index in [9.17, 15) is 9.90 Å². The second-order valence-electron chi connectivity index (χ2n) is 5.41. The minimum Gasteiger partial charge on any atom is -0.390 e. The molecule has 2 rings (SSSR count). The van der Waals surface area contributed by atoms with E-state index in [1.807, 2.05) is 33.0 Å². The van der Waals surface area contributed by atoms with Crippen molar-refractivity contribution in [2.24, 2.45) is 0 Å². The van der Waals surface area contributed by atoms with E-state index in [1.54, 1.807) is 4.90 Å². The Hall–Kier alpha value is -1.35. The number of rotatable bonds is 2. The first-order valence-corrected chi connectivity index (χ1v) is 5.97. The summed E-state index contributed by atoms with van der Waals surface area (Å²) in [7, 11) is 1.82. The first-order chi connectivity index (χ1) is 7.87. The van der Waals surface area contributed by atoms with Crippen LogP contribution in [0.1, 0.15) is 31.4 Å². The summed E-state index contributed by atoms with van der Waals surface area (Å²) < 4.78 is 0. The lowest BCUT2D eigenvalue weighted by Gasteiger charge is -2.27. The van der Waals surface area contributed by atoms with Crippen LogP contribution in [0.2, 0.25) is 0 Å².